The van der Waals surface area contributed by atoms with E-state index in [-0.39, 0.29) is 12.5 Å². The van der Waals surface area contributed by atoms with Crippen LogP contribution in [0.4, 0.5) is 0 Å². The minimum Gasteiger partial charge on any atom is -0.349 e. The van der Waals surface area contributed by atoms with E-state index in [0.717, 1.165) is 16.7 Å². The van der Waals surface area contributed by atoms with Crippen molar-refractivity contribution in [2.75, 3.05) is 5.88 Å². The topological polar surface area (TPSA) is 72.7 Å². The van der Waals surface area contributed by atoms with Gasteiger partial charge in [-0.15, -0.1) is 16.7 Å². The van der Waals surface area contributed by atoms with E-state index in [9.17, 15) is 4.79 Å². The molecule has 0 saturated carbocycles. The normalized spacial score (nSPS) is 11.3. The number of halogens is 1. The fraction of sp³-hybridized carbons (Fsp3) is 0.200. The summed E-state index contributed by atoms with van der Waals surface area (Å²) >= 11 is 5.72. The molecule has 0 aliphatic rings. The summed E-state index contributed by atoms with van der Waals surface area (Å²) in [6.45, 7) is 0.211. The summed E-state index contributed by atoms with van der Waals surface area (Å²) in [5.41, 5.74) is 2.22. The Morgan fingerprint density at radius 3 is 1.81 bits per heavy atom. The molecule has 32 heavy (non-hydrogen) atoms. The van der Waals surface area contributed by atoms with Gasteiger partial charge in [0.25, 0.3) is 0 Å². The highest BCUT2D eigenvalue weighted by Gasteiger charge is 2.41. The summed E-state index contributed by atoms with van der Waals surface area (Å²) in [4.78, 5) is 12.2. The number of benzene rings is 3. The number of carbonyl (C=O) groups excluding carboxylic acids is 1. The molecular formula is C25H24ClN5O. The first-order valence-corrected chi connectivity index (χ1v) is 11.1. The predicted octanol–water partition coefficient (Wildman–Crippen LogP) is 4.15. The largest absolute Gasteiger partial charge is 0.349 e. The van der Waals surface area contributed by atoms with Crippen LogP contribution < -0.4 is 5.32 Å². The van der Waals surface area contributed by atoms with Crippen molar-refractivity contribution >= 4 is 17.5 Å². The van der Waals surface area contributed by atoms with Crippen LogP contribution in [0.1, 0.15) is 35.4 Å². The first kappa shape index (κ1) is 21.7. The quantitative estimate of drug-likeness (QED) is 0.310. The minimum absolute atomic E-state index is 0.0788. The van der Waals surface area contributed by atoms with Crippen LogP contribution in [0.15, 0.2) is 91.0 Å². The maximum absolute atomic E-state index is 12.2. The van der Waals surface area contributed by atoms with Gasteiger partial charge in [0.05, 0.1) is 6.54 Å². The average Bonchev–Trinajstić information content (AvgIpc) is 3.33. The summed E-state index contributed by atoms with van der Waals surface area (Å²) in [6.07, 6.45) is 0.993. The van der Waals surface area contributed by atoms with Gasteiger partial charge in [-0.3, -0.25) is 4.79 Å². The van der Waals surface area contributed by atoms with E-state index in [1.165, 1.54) is 0 Å². The van der Waals surface area contributed by atoms with E-state index in [4.69, 9.17) is 11.6 Å². The van der Waals surface area contributed by atoms with Gasteiger partial charge in [-0.25, -0.2) is 4.68 Å². The zero-order valence-electron chi connectivity index (χ0n) is 17.6. The molecule has 0 saturated heterocycles. The van der Waals surface area contributed by atoms with E-state index < -0.39 is 5.54 Å². The predicted molar refractivity (Wildman–Crippen MR) is 124 cm³/mol. The molecule has 3 aromatic carbocycles. The Balaban J connectivity index is 1.89. The molecule has 0 atom stereocenters. The van der Waals surface area contributed by atoms with Gasteiger partial charge in [-0.1, -0.05) is 91.0 Å². The number of nitrogens with zero attached hydrogens (tertiary/aromatic N) is 4. The monoisotopic (exact) mass is 445 g/mol. The van der Waals surface area contributed by atoms with Crippen molar-refractivity contribution < 1.29 is 4.79 Å². The van der Waals surface area contributed by atoms with Crippen molar-refractivity contribution in [3.63, 3.8) is 0 Å². The second kappa shape index (κ2) is 10.2. The van der Waals surface area contributed by atoms with Gasteiger partial charge in [0, 0.05) is 12.3 Å². The number of aromatic nitrogens is 4. The molecule has 0 unspecified atom stereocenters. The second-order valence-corrected chi connectivity index (χ2v) is 7.76. The molecule has 7 heteroatoms. The molecule has 0 radical (unpaired) electrons. The summed E-state index contributed by atoms with van der Waals surface area (Å²) in [5.74, 6) is 0.926. The minimum atomic E-state index is -0.816. The third-order valence-electron chi connectivity index (χ3n) is 5.41. The summed E-state index contributed by atoms with van der Waals surface area (Å²) < 4.78 is 1.81. The molecule has 0 aliphatic heterocycles. The van der Waals surface area contributed by atoms with Gasteiger partial charge >= 0.3 is 0 Å². The summed E-state index contributed by atoms with van der Waals surface area (Å²) in [7, 11) is 0. The Morgan fingerprint density at radius 1 is 0.844 bits per heavy atom. The Morgan fingerprint density at radius 2 is 1.34 bits per heavy atom. The van der Waals surface area contributed by atoms with E-state index in [1.807, 2.05) is 59.3 Å². The lowest BCUT2D eigenvalue weighted by molar-refractivity contribution is -0.121. The van der Waals surface area contributed by atoms with Gasteiger partial charge in [0.15, 0.2) is 5.82 Å². The van der Waals surface area contributed by atoms with Crippen LogP contribution in [0.25, 0.3) is 0 Å². The zero-order chi connectivity index (χ0) is 22.2. The molecule has 0 fully saturated rings. The fourth-order valence-corrected chi connectivity index (χ4v) is 4.11. The van der Waals surface area contributed by atoms with Gasteiger partial charge < -0.3 is 5.32 Å². The molecule has 0 spiro atoms. The molecule has 1 heterocycles. The van der Waals surface area contributed by atoms with Crippen LogP contribution in [0.3, 0.4) is 0 Å². The van der Waals surface area contributed by atoms with Crippen LogP contribution in [0.2, 0.25) is 0 Å². The van der Waals surface area contributed by atoms with Crippen molar-refractivity contribution in [1.82, 2.24) is 25.5 Å². The number of hydrogen-bond donors (Lipinski definition) is 1. The molecular weight excluding hydrogens is 422 g/mol. The highest BCUT2D eigenvalue weighted by molar-refractivity contribution is 6.17. The maximum atomic E-state index is 12.2. The van der Waals surface area contributed by atoms with Crippen LogP contribution in [-0.4, -0.2) is 32.0 Å². The lowest BCUT2D eigenvalue weighted by Crippen LogP contribution is -2.41. The van der Waals surface area contributed by atoms with Gasteiger partial charge in [-0.05, 0) is 33.5 Å². The average molecular weight is 446 g/mol. The number of amides is 1. The highest BCUT2D eigenvalue weighted by Crippen LogP contribution is 2.40. The smallest absolute Gasteiger partial charge is 0.220 e. The second-order valence-electron chi connectivity index (χ2n) is 7.38. The standard InChI is InChI=1S/C25H24ClN5O/c26-18-10-17-24(32)27-19-23-28-29-30-31(23)25(20-11-4-1-5-12-20,21-13-6-2-7-14-21)22-15-8-3-9-16-22/h1-9,11-16H,10,17-19H2,(H,27,32). The summed E-state index contributed by atoms with van der Waals surface area (Å²) in [5, 5.41) is 15.6. The Bertz CT molecular complexity index is 1040. The lowest BCUT2D eigenvalue weighted by atomic mass is 9.77. The van der Waals surface area contributed by atoms with Gasteiger partial charge in [0.2, 0.25) is 5.91 Å². The molecule has 162 valence electrons. The van der Waals surface area contributed by atoms with Crippen molar-refractivity contribution in [2.45, 2.75) is 24.9 Å². The number of hydrogen-bond acceptors (Lipinski definition) is 4. The van der Waals surface area contributed by atoms with Crippen LogP contribution in [0, 0.1) is 0 Å². The van der Waals surface area contributed by atoms with Crippen molar-refractivity contribution in [3.05, 3.63) is 114 Å². The van der Waals surface area contributed by atoms with Crippen LogP contribution in [0.5, 0.6) is 0 Å². The summed E-state index contributed by atoms with van der Waals surface area (Å²) in [6, 6.07) is 30.5. The van der Waals surface area contributed by atoms with Gasteiger partial charge in [-0.2, -0.15) is 0 Å². The van der Waals surface area contributed by atoms with E-state index in [0.29, 0.717) is 24.5 Å². The number of tetrazole rings is 1. The number of alkyl halides is 1. The molecule has 1 N–H and O–H groups in total. The first-order chi connectivity index (χ1) is 15.8. The lowest BCUT2D eigenvalue weighted by Gasteiger charge is -2.36. The molecule has 4 aromatic rings. The maximum Gasteiger partial charge on any atom is 0.220 e. The van der Waals surface area contributed by atoms with Crippen LogP contribution in [-0.2, 0) is 16.9 Å². The number of rotatable bonds is 9. The fourth-order valence-electron chi connectivity index (χ4n) is 3.97. The SMILES string of the molecule is O=C(CCCCl)NCc1nnnn1C(c1ccccc1)(c1ccccc1)c1ccccc1. The van der Waals surface area contributed by atoms with E-state index in [1.54, 1.807) is 0 Å². The third kappa shape index (κ3) is 4.27. The first-order valence-electron chi connectivity index (χ1n) is 10.5. The molecule has 0 bridgehead atoms. The molecule has 6 nitrogen and oxygen atoms in total. The van der Waals surface area contributed by atoms with Crippen molar-refractivity contribution in [3.8, 4) is 0 Å². The van der Waals surface area contributed by atoms with Gasteiger partial charge in [0.1, 0.15) is 5.54 Å². The number of carbonyl (C=O) groups is 1. The van der Waals surface area contributed by atoms with Crippen molar-refractivity contribution in [1.29, 1.82) is 0 Å². The molecule has 4 rings (SSSR count). The Labute approximate surface area is 192 Å². The Hall–Kier alpha value is -3.51. The highest BCUT2D eigenvalue weighted by atomic mass is 35.5. The van der Waals surface area contributed by atoms with Crippen molar-refractivity contribution in [2.24, 2.45) is 0 Å². The Kier molecular flexibility index (Phi) is 6.92. The van der Waals surface area contributed by atoms with Crippen LogP contribution >= 0.6 is 11.6 Å². The van der Waals surface area contributed by atoms with E-state index in [2.05, 4.69) is 57.2 Å². The number of nitrogens with one attached hydrogen (secondary N) is 1. The zero-order valence-corrected chi connectivity index (χ0v) is 18.3. The third-order valence-corrected chi connectivity index (χ3v) is 5.67. The van der Waals surface area contributed by atoms with E-state index >= 15 is 0 Å². The molecule has 1 aromatic heterocycles. The molecule has 0 aliphatic carbocycles. The molecule has 1 amide bonds.